The van der Waals surface area contributed by atoms with E-state index in [2.05, 4.69) is 38.6 Å². The monoisotopic (exact) mass is 392 g/mol. The highest BCUT2D eigenvalue weighted by molar-refractivity contribution is 5.97. The van der Waals surface area contributed by atoms with Crippen molar-refractivity contribution in [2.75, 3.05) is 27.2 Å². The minimum absolute atomic E-state index is 0.0692. The normalized spacial score (nSPS) is 16.2. The van der Waals surface area contributed by atoms with Crippen molar-refractivity contribution in [3.8, 4) is 0 Å². The Morgan fingerprint density at radius 2 is 2.21 bits per heavy atom. The summed E-state index contributed by atoms with van der Waals surface area (Å²) in [4.78, 5) is 27.3. The summed E-state index contributed by atoms with van der Waals surface area (Å²) in [6.45, 7) is 2.05. The third kappa shape index (κ3) is 4.31. The summed E-state index contributed by atoms with van der Waals surface area (Å²) in [5.74, 6) is 0.832. The maximum Gasteiger partial charge on any atom is 0.251 e. The van der Waals surface area contributed by atoms with Crippen molar-refractivity contribution >= 4 is 16.9 Å². The van der Waals surface area contributed by atoms with E-state index in [1.807, 2.05) is 37.5 Å². The topological polar surface area (TPSA) is 85.9 Å². The largest absolute Gasteiger partial charge is 0.351 e. The Hall–Kier alpha value is -2.77. The molecule has 0 bridgehead atoms. The van der Waals surface area contributed by atoms with E-state index in [0.717, 1.165) is 36.2 Å². The van der Waals surface area contributed by atoms with Crippen LogP contribution in [0, 0.1) is 0 Å². The number of imidazole rings is 1. The number of likely N-dealkylation sites (N-methyl/N-ethyl adjacent to an activating group) is 1. The summed E-state index contributed by atoms with van der Waals surface area (Å²) in [7, 11) is 3.99. The van der Waals surface area contributed by atoms with Gasteiger partial charge < -0.3 is 15.6 Å². The SMILES string of the molecule is CNCCNC(=O)c1ccc2nc(CN(C)C3CCCc4cccnc43)[nH]c2c1. The summed E-state index contributed by atoms with van der Waals surface area (Å²) in [6, 6.07) is 10.1. The van der Waals surface area contributed by atoms with E-state index in [4.69, 9.17) is 4.98 Å². The van der Waals surface area contributed by atoms with Gasteiger partial charge in [0.05, 0.1) is 29.3 Å². The van der Waals surface area contributed by atoms with E-state index >= 15 is 0 Å². The number of aromatic nitrogens is 3. The van der Waals surface area contributed by atoms with E-state index in [1.54, 1.807) is 0 Å². The molecule has 4 rings (SSSR count). The summed E-state index contributed by atoms with van der Waals surface area (Å²) < 4.78 is 0. The standard InChI is InChI=1S/C22H28N6O/c1-23-11-12-25-22(29)16-8-9-17-18(13-16)27-20(26-17)14-28(2)19-7-3-5-15-6-4-10-24-21(15)19/h4,6,8-10,13,19,23H,3,5,7,11-12,14H2,1-2H3,(H,25,29)(H,26,27). The van der Waals surface area contributed by atoms with Crippen molar-refractivity contribution in [3.05, 3.63) is 59.2 Å². The lowest BCUT2D eigenvalue weighted by Crippen LogP contribution is -2.30. The van der Waals surface area contributed by atoms with Gasteiger partial charge in [-0.25, -0.2) is 4.98 Å². The van der Waals surface area contributed by atoms with Crippen LogP contribution in [0.3, 0.4) is 0 Å². The summed E-state index contributed by atoms with van der Waals surface area (Å²) >= 11 is 0. The summed E-state index contributed by atoms with van der Waals surface area (Å²) in [5, 5.41) is 5.92. The first-order valence-electron chi connectivity index (χ1n) is 10.2. The van der Waals surface area contributed by atoms with Gasteiger partial charge in [-0.05, 0) is 63.2 Å². The van der Waals surface area contributed by atoms with Gasteiger partial charge in [0.15, 0.2) is 0 Å². The second-order valence-corrected chi connectivity index (χ2v) is 7.65. The first kappa shape index (κ1) is 19.5. The van der Waals surface area contributed by atoms with Crippen LogP contribution < -0.4 is 10.6 Å². The zero-order valence-electron chi connectivity index (χ0n) is 17.0. The molecule has 3 N–H and O–H groups in total. The first-order chi connectivity index (χ1) is 14.2. The molecule has 1 aromatic carbocycles. The number of hydrogen-bond acceptors (Lipinski definition) is 5. The zero-order valence-corrected chi connectivity index (χ0v) is 17.0. The van der Waals surface area contributed by atoms with E-state index in [0.29, 0.717) is 24.7 Å². The number of rotatable bonds is 7. The maximum atomic E-state index is 12.3. The number of amides is 1. The molecular formula is C22H28N6O. The van der Waals surface area contributed by atoms with Crippen LogP contribution in [0.25, 0.3) is 11.0 Å². The molecule has 0 spiro atoms. The Balaban J connectivity index is 1.48. The molecule has 0 radical (unpaired) electrons. The van der Waals surface area contributed by atoms with Crippen molar-refractivity contribution < 1.29 is 4.79 Å². The van der Waals surface area contributed by atoms with Gasteiger partial charge in [0.25, 0.3) is 5.91 Å². The third-order valence-corrected chi connectivity index (χ3v) is 5.55. The molecule has 29 heavy (non-hydrogen) atoms. The molecule has 2 aromatic heterocycles. The van der Waals surface area contributed by atoms with Gasteiger partial charge in [-0.15, -0.1) is 0 Å². The number of aryl methyl sites for hydroxylation is 1. The third-order valence-electron chi connectivity index (χ3n) is 5.55. The number of carbonyl (C=O) groups excluding carboxylic acids is 1. The van der Waals surface area contributed by atoms with Crippen LogP contribution in [0.4, 0.5) is 0 Å². The van der Waals surface area contributed by atoms with Gasteiger partial charge in [-0.2, -0.15) is 0 Å². The number of aromatic amines is 1. The fourth-order valence-corrected chi connectivity index (χ4v) is 4.04. The van der Waals surface area contributed by atoms with Gasteiger partial charge in [0.2, 0.25) is 0 Å². The number of nitrogens with zero attached hydrogens (tertiary/aromatic N) is 3. The highest BCUT2D eigenvalue weighted by atomic mass is 16.1. The van der Waals surface area contributed by atoms with Crippen LogP contribution in [0.5, 0.6) is 0 Å². The van der Waals surface area contributed by atoms with E-state index in [9.17, 15) is 4.79 Å². The van der Waals surface area contributed by atoms with Crippen molar-refractivity contribution in [1.82, 2.24) is 30.5 Å². The molecule has 7 heteroatoms. The number of fused-ring (bicyclic) bond motifs is 2. The fraction of sp³-hybridized carbons (Fsp3) is 0.409. The smallest absolute Gasteiger partial charge is 0.251 e. The molecule has 0 saturated heterocycles. The summed E-state index contributed by atoms with van der Waals surface area (Å²) in [5.41, 5.74) is 4.95. The molecule has 1 aliphatic carbocycles. The lowest BCUT2D eigenvalue weighted by Gasteiger charge is -2.31. The quantitative estimate of drug-likeness (QED) is 0.538. The fourth-order valence-electron chi connectivity index (χ4n) is 4.04. The predicted molar refractivity (Wildman–Crippen MR) is 114 cm³/mol. The Bertz CT molecular complexity index is 998. The van der Waals surface area contributed by atoms with Crippen LogP contribution >= 0.6 is 0 Å². The lowest BCUT2D eigenvalue weighted by molar-refractivity contribution is 0.0954. The van der Waals surface area contributed by atoms with Crippen molar-refractivity contribution in [2.45, 2.75) is 31.8 Å². The van der Waals surface area contributed by atoms with Crippen LogP contribution in [0.15, 0.2) is 36.5 Å². The number of benzene rings is 1. The number of pyridine rings is 1. The Morgan fingerprint density at radius 1 is 1.31 bits per heavy atom. The predicted octanol–water partition coefficient (Wildman–Crippen LogP) is 2.42. The first-order valence-corrected chi connectivity index (χ1v) is 10.2. The van der Waals surface area contributed by atoms with Crippen molar-refractivity contribution in [2.24, 2.45) is 0 Å². The number of hydrogen-bond donors (Lipinski definition) is 3. The zero-order chi connectivity index (χ0) is 20.2. The Morgan fingerprint density at radius 3 is 3.07 bits per heavy atom. The average Bonchev–Trinajstić information content (AvgIpc) is 3.14. The van der Waals surface area contributed by atoms with Crippen molar-refractivity contribution in [3.63, 3.8) is 0 Å². The van der Waals surface area contributed by atoms with E-state index in [-0.39, 0.29) is 5.91 Å². The second-order valence-electron chi connectivity index (χ2n) is 7.65. The molecule has 1 aliphatic rings. The minimum atomic E-state index is -0.0692. The molecule has 7 nitrogen and oxygen atoms in total. The minimum Gasteiger partial charge on any atom is -0.351 e. The number of nitrogens with one attached hydrogen (secondary N) is 3. The molecule has 2 heterocycles. The molecule has 0 aliphatic heterocycles. The van der Waals surface area contributed by atoms with Gasteiger partial charge in [-0.3, -0.25) is 14.7 Å². The molecule has 0 saturated carbocycles. The molecule has 152 valence electrons. The molecular weight excluding hydrogens is 364 g/mol. The van der Waals surface area contributed by atoms with E-state index in [1.165, 1.54) is 17.7 Å². The van der Waals surface area contributed by atoms with Gasteiger partial charge in [-0.1, -0.05) is 6.07 Å². The average molecular weight is 393 g/mol. The van der Waals surface area contributed by atoms with E-state index < -0.39 is 0 Å². The Kier molecular flexibility index (Phi) is 5.87. The molecule has 3 aromatic rings. The summed E-state index contributed by atoms with van der Waals surface area (Å²) in [6.07, 6.45) is 5.28. The lowest BCUT2D eigenvalue weighted by atomic mass is 9.91. The van der Waals surface area contributed by atoms with Crippen molar-refractivity contribution in [1.29, 1.82) is 0 Å². The molecule has 1 atom stereocenters. The Labute approximate surface area is 170 Å². The second kappa shape index (κ2) is 8.71. The van der Waals surface area contributed by atoms with Gasteiger partial charge in [0.1, 0.15) is 5.82 Å². The van der Waals surface area contributed by atoms with Crippen LogP contribution in [-0.2, 0) is 13.0 Å². The highest BCUT2D eigenvalue weighted by Crippen LogP contribution is 2.32. The van der Waals surface area contributed by atoms with Crippen LogP contribution in [0.2, 0.25) is 0 Å². The molecule has 1 amide bonds. The van der Waals surface area contributed by atoms with Crippen LogP contribution in [0.1, 0.15) is 46.3 Å². The maximum absolute atomic E-state index is 12.3. The number of carbonyl (C=O) groups is 1. The van der Waals surface area contributed by atoms with Gasteiger partial charge in [0, 0.05) is 24.8 Å². The molecule has 1 unspecified atom stereocenters. The molecule has 0 fully saturated rings. The van der Waals surface area contributed by atoms with Crippen LogP contribution in [-0.4, -0.2) is 52.9 Å². The number of H-pyrrole nitrogens is 1. The van der Waals surface area contributed by atoms with Gasteiger partial charge >= 0.3 is 0 Å². The highest BCUT2D eigenvalue weighted by Gasteiger charge is 2.25.